The van der Waals surface area contributed by atoms with Gasteiger partial charge in [-0.15, -0.1) is 0 Å². The highest BCUT2D eigenvalue weighted by Gasteiger charge is 2.54. The Labute approximate surface area is 432 Å². The Morgan fingerprint density at radius 2 is 1.36 bits per heavy atom. The van der Waals surface area contributed by atoms with E-state index in [2.05, 4.69) is 11.1 Å². The second-order valence-corrected chi connectivity index (χ2v) is 22.8. The van der Waals surface area contributed by atoms with E-state index in [4.69, 9.17) is 37.7 Å². The summed E-state index contributed by atoms with van der Waals surface area (Å²) in [6, 6.07) is -0.319. The van der Waals surface area contributed by atoms with Gasteiger partial charge in [0, 0.05) is 37.7 Å². The Morgan fingerprint density at radius 1 is 0.792 bits per heavy atom. The maximum Gasteiger partial charge on any atom is 0.397 e. The van der Waals surface area contributed by atoms with Gasteiger partial charge in [0.05, 0.1) is 60.3 Å². The number of nitrogens with zero attached hydrogens (tertiary/aromatic N) is 1. The summed E-state index contributed by atoms with van der Waals surface area (Å²) in [6.07, 6.45) is 2.17. The van der Waals surface area contributed by atoms with Crippen LogP contribution in [0.1, 0.15) is 179 Å². The zero-order valence-corrected chi connectivity index (χ0v) is 47.2. The lowest BCUT2D eigenvalue weighted by atomic mass is 9.74. The monoisotopic (exact) mass is 1060 g/mol. The van der Waals surface area contributed by atoms with Crippen molar-refractivity contribution in [3.8, 4) is 0 Å². The minimum atomic E-state index is -4.23. The summed E-state index contributed by atoms with van der Waals surface area (Å²) in [6.45, 7) is 20.3. The van der Waals surface area contributed by atoms with Gasteiger partial charge >= 0.3 is 22.3 Å². The van der Waals surface area contributed by atoms with E-state index in [1.165, 1.54) is 72.8 Å². The minimum absolute atomic E-state index is 0.0760. The zero-order valence-electron chi connectivity index (χ0n) is 46.4. The molecule has 3 aliphatic heterocycles. The third-order valence-corrected chi connectivity index (χ3v) is 15.5. The molecule has 424 valence electrons. The quantitative estimate of drug-likeness (QED) is 0.0468. The molecule has 19 nitrogen and oxygen atoms in total. The van der Waals surface area contributed by atoms with Crippen LogP contribution in [0.4, 0.5) is 0 Å². The SMILES string of the molecule is CCC(=O)OC1[C@H](OC2[C@@H](C)C(O[C@H]3C[C@@](C)(OC)[C@@H](O)C(C)O3)[C@@H](C)C(=O)O[C@H](CC)[C@@](C)(O)[C@H](O)C(C)C(=O)C(C)C[C@@]2(C)O)O[C@H](C)C[C@@H]1N(C)C.CCCCCCCCCCCCOS(=O)(=O)O. The number of esters is 2. The minimum Gasteiger partial charge on any atom is -0.459 e. The summed E-state index contributed by atoms with van der Waals surface area (Å²) in [5.41, 5.74) is -4.92. The van der Waals surface area contributed by atoms with Gasteiger partial charge in [0.25, 0.3) is 0 Å². The molecule has 0 saturated carbocycles. The summed E-state index contributed by atoms with van der Waals surface area (Å²) in [4.78, 5) is 42.9. The molecule has 0 radical (unpaired) electrons. The lowest BCUT2D eigenvalue weighted by molar-refractivity contribution is -0.319. The Morgan fingerprint density at radius 3 is 1.88 bits per heavy atom. The van der Waals surface area contributed by atoms with Crippen molar-refractivity contribution in [2.24, 2.45) is 23.7 Å². The predicted molar refractivity (Wildman–Crippen MR) is 270 cm³/mol. The molecule has 3 heterocycles. The van der Waals surface area contributed by atoms with Gasteiger partial charge in [0.1, 0.15) is 23.6 Å². The van der Waals surface area contributed by atoms with E-state index in [-0.39, 0.29) is 44.4 Å². The second kappa shape index (κ2) is 30.1. The molecule has 3 fully saturated rings. The molecule has 3 saturated heterocycles. The van der Waals surface area contributed by atoms with E-state index in [1.54, 1.807) is 48.5 Å². The number of rotatable bonds is 21. The number of Topliss-reactive ketones (excluding diaryl/α,β-unsaturated/α-hetero) is 1. The van der Waals surface area contributed by atoms with Crippen molar-refractivity contribution in [2.75, 3.05) is 27.8 Å². The number of carbonyl (C=O) groups excluding carboxylic acids is 3. The first kappa shape index (κ1) is 66.2. The van der Waals surface area contributed by atoms with Crippen molar-refractivity contribution in [3.63, 3.8) is 0 Å². The van der Waals surface area contributed by atoms with E-state index >= 15 is 0 Å². The van der Waals surface area contributed by atoms with Gasteiger partial charge in [-0.3, -0.25) is 18.9 Å². The number of aliphatic hydroxyl groups is 4. The highest BCUT2D eigenvalue weighted by molar-refractivity contribution is 7.80. The highest BCUT2D eigenvalue weighted by Crippen LogP contribution is 2.41. The fraction of sp³-hybridized carbons (Fsp3) is 0.942. The summed E-state index contributed by atoms with van der Waals surface area (Å²) in [7, 11) is 0.973. The van der Waals surface area contributed by atoms with Crippen LogP contribution >= 0.6 is 0 Å². The van der Waals surface area contributed by atoms with Gasteiger partial charge in [0.15, 0.2) is 18.7 Å². The standard InChI is InChI=1S/C40H71NO14.C12H26O4S/c1-15-27-40(11,48)33(44)22(5)30(43)20(3)18-38(9,47)35(55-37-32(53-28(42)16-2)26(41(12)13)17-21(4)50-37)23(6)31(24(7)36(46)52-27)54-29-19-39(10,49-14)34(45)25(8)51-29;1-2-3-4-5-6-7-8-9-10-11-12-16-17(13,14)15/h20-27,29,31-35,37,44-45,47-48H,15-19H2,1-14H3;2-12H2,1H3,(H,13,14,15)/t20?,21-,22?,23+,24-,25?,26+,27-,29+,31?,32?,33-,34+,35?,37+,38-,39-,40-;/m1./s1. The van der Waals surface area contributed by atoms with E-state index < -0.39 is 124 Å². The number of hydrogen-bond acceptors (Lipinski definition) is 18. The van der Waals surface area contributed by atoms with Crippen LogP contribution in [0.5, 0.6) is 0 Å². The molecule has 3 rings (SSSR count). The number of likely N-dealkylation sites (N-methyl/N-ethyl adjacent to an activating group) is 1. The smallest absolute Gasteiger partial charge is 0.397 e. The molecule has 5 N–H and O–H groups in total. The average molecular weight is 1060 g/mol. The zero-order chi connectivity index (χ0) is 54.9. The van der Waals surface area contributed by atoms with Gasteiger partial charge in [-0.1, -0.05) is 99.3 Å². The fourth-order valence-electron chi connectivity index (χ4n) is 10.5. The van der Waals surface area contributed by atoms with Crippen molar-refractivity contribution in [3.05, 3.63) is 0 Å². The van der Waals surface area contributed by atoms with Gasteiger partial charge in [-0.2, -0.15) is 8.42 Å². The van der Waals surface area contributed by atoms with Crippen LogP contribution in [0.3, 0.4) is 0 Å². The average Bonchev–Trinajstić information content (AvgIpc) is 3.30. The predicted octanol–water partition coefficient (Wildman–Crippen LogP) is 6.47. The van der Waals surface area contributed by atoms with Crippen LogP contribution in [-0.2, 0) is 62.1 Å². The Bertz CT molecular complexity index is 1730. The van der Waals surface area contributed by atoms with Crippen LogP contribution in [0, 0.1) is 23.7 Å². The molecule has 0 aliphatic carbocycles. The molecule has 0 bridgehead atoms. The summed E-state index contributed by atoms with van der Waals surface area (Å²) >= 11 is 0. The van der Waals surface area contributed by atoms with E-state index in [0.717, 1.165) is 12.8 Å². The molecular formula is C52H97NO18S. The van der Waals surface area contributed by atoms with Crippen molar-refractivity contribution < 1.29 is 85.1 Å². The first-order valence-corrected chi connectivity index (χ1v) is 28.0. The molecule has 0 amide bonds. The lowest BCUT2D eigenvalue weighted by Crippen LogP contribution is -2.61. The molecule has 0 aromatic heterocycles. The van der Waals surface area contributed by atoms with Crippen LogP contribution in [-0.4, -0.2) is 168 Å². The Balaban J connectivity index is 0.000000887. The van der Waals surface area contributed by atoms with Crippen LogP contribution in [0.2, 0.25) is 0 Å². The topological polar surface area (TPSA) is 264 Å². The maximum atomic E-state index is 14.2. The molecule has 20 heteroatoms. The summed E-state index contributed by atoms with van der Waals surface area (Å²) in [5.74, 6) is -5.59. The number of methoxy groups -OCH3 is 1. The number of cyclic esters (lactones) is 1. The summed E-state index contributed by atoms with van der Waals surface area (Å²) in [5, 5.41) is 46.6. The third kappa shape index (κ3) is 19.6. The number of aliphatic hydroxyl groups excluding tert-OH is 2. The van der Waals surface area contributed by atoms with Gasteiger partial charge < -0.3 is 58.5 Å². The van der Waals surface area contributed by atoms with Crippen LogP contribution in [0.25, 0.3) is 0 Å². The largest absolute Gasteiger partial charge is 0.459 e. The van der Waals surface area contributed by atoms with E-state index in [9.17, 15) is 43.2 Å². The maximum absolute atomic E-state index is 14.2. The van der Waals surface area contributed by atoms with E-state index in [0.29, 0.717) is 12.8 Å². The number of carbonyl (C=O) groups is 3. The second-order valence-electron chi connectivity index (χ2n) is 21.7. The first-order valence-electron chi connectivity index (χ1n) is 26.6. The number of unbranched alkanes of at least 4 members (excludes halogenated alkanes) is 9. The highest BCUT2D eigenvalue weighted by atomic mass is 32.3. The summed E-state index contributed by atoms with van der Waals surface area (Å²) < 4.78 is 76.6. The first-order chi connectivity index (χ1) is 33.4. The molecule has 72 heavy (non-hydrogen) atoms. The molecule has 0 aromatic rings. The third-order valence-electron chi connectivity index (χ3n) is 15.1. The molecule has 0 spiro atoms. The molecule has 0 aromatic carbocycles. The van der Waals surface area contributed by atoms with Crippen molar-refractivity contribution in [2.45, 2.75) is 264 Å². The molecular weight excluding hydrogens is 959 g/mol. The van der Waals surface area contributed by atoms with E-state index in [1.807, 2.05) is 25.9 Å². The number of ether oxygens (including phenoxy) is 7. The number of ketones is 1. The molecule has 18 atom stereocenters. The molecule has 6 unspecified atom stereocenters. The van der Waals surface area contributed by atoms with Crippen LogP contribution < -0.4 is 0 Å². The van der Waals surface area contributed by atoms with Crippen molar-refractivity contribution in [1.82, 2.24) is 4.90 Å². The van der Waals surface area contributed by atoms with Crippen molar-refractivity contribution >= 4 is 28.1 Å². The normalized spacial score (nSPS) is 38.6. The van der Waals surface area contributed by atoms with Gasteiger partial charge in [0.2, 0.25) is 0 Å². The fourth-order valence-corrected chi connectivity index (χ4v) is 10.8. The number of hydrogen-bond donors (Lipinski definition) is 5. The Kier molecular flexibility index (Phi) is 27.7. The van der Waals surface area contributed by atoms with Crippen molar-refractivity contribution in [1.29, 1.82) is 0 Å². The van der Waals surface area contributed by atoms with Crippen LogP contribution in [0.15, 0.2) is 0 Å². The Hall–Kier alpha value is -1.92. The lowest BCUT2D eigenvalue weighted by Gasteiger charge is -2.49. The van der Waals surface area contributed by atoms with Gasteiger partial charge in [-0.25, -0.2) is 4.18 Å². The molecule has 3 aliphatic rings. The van der Waals surface area contributed by atoms with Gasteiger partial charge in [-0.05, 0) is 81.3 Å².